The molecular weight excluding hydrogens is 360 g/mol. The lowest BCUT2D eigenvalue weighted by molar-refractivity contribution is -0.133. The van der Waals surface area contributed by atoms with Crippen LogP contribution in [-0.4, -0.2) is 40.5 Å². The summed E-state index contributed by atoms with van der Waals surface area (Å²) in [6, 6.07) is 10.2. The smallest absolute Gasteiger partial charge is 0.268 e. The van der Waals surface area contributed by atoms with E-state index in [0.29, 0.717) is 4.88 Å². The van der Waals surface area contributed by atoms with Crippen LogP contribution < -0.4 is 10.8 Å². The molecule has 0 radical (unpaired) electrons. The summed E-state index contributed by atoms with van der Waals surface area (Å²) in [4.78, 5) is 26.2. The van der Waals surface area contributed by atoms with Gasteiger partial charge in [0.15, 0.2) is 0 Å². The van der Waals surface area contributed by atoms with Crippen LogP contribution in [0.25, 0.3) is 10.4 Å². The molecule has 2 amide bonds. The number of hydroxylamine groups is 1. The summed E-state index contributed by atoms with van der Waals surface area (Å²) < 4.78 is 0. The third-order valence-corrected chi connectivity index (χ3v) is 5.24. The third-order valence-electron chi connectivity index (χ3n) is 3.37. The van der Waals surface area contributed by atoms with E-state index in [9.17, 15) is 14.7 Å². The van der Waals surface area contributed by atoms with E-state index < -0.39 is 24.0 Å². The summed E-state index contributed by atoms with van der Waals surface area (Å²) in [5, 5.41) is 20.6. The van der Waals surface area contributed by atoms with Gasteiger partial charge in [0.2, 0.25) is 0 Å². The Labute approximate surface area is 155 Å². The number of nitrogens with one attached hydrogen (secondary N) is 2. The summed E-state index contributed by atoms with van der Waals surface area (Å²) in [5.74, 6) is -1.36. The zero-order valence-electron chi connectivity index (χ0n) is 13.1. The molecule has 2 rings (SSSR count). The van der Waals surface area contributed by atoms with Crippen molar-refractivity contribution in [2.45, 2.75) is 31.4 Å². The number of rotatable bonds is 6. The van der Waals surface area contributed by atoms with Gasteiger partial charge in [-0.25, -0.2) is 5.48 Å². The first-order valence-electron chi connectivity index (χ1n) is 7.13. The highest BCUT2D eigenvalue weighted by Gasteiger charge is 2.26. The summed E-state index contributed by atoms with van der Waals surface area (Å²) in [6.07, 6.45) is 0.864. The minimum atomic E-state index is -1.23. The highest BCUT2D eigenvalue weighted by atomic mass is 32.2. The van der Waals surface area contributed by atoms with E-state index in [1.54, 1.807) is 17.8 Å². The Balaban J connectivity index is 0.00000312. The molecule has 1 heterocycles. The van der Waals surface area contributed by atoms with E-state index in [4.69, 9.17) is 5.21 Å². The van der Waals surface area contributed by atoms with Gasteiger partial charge >= 0.3 is 0 Å². The molecule has 0 fully saturated rings. The van der Waals surface area contributed by atoms with Gasteiger partial charge in [-0.2, -0.15) is 0 Å². The minimum absolute atomic E-state index is 0. The van der Waals surface area contributed by atoms with Crippen molar-refractivity contribution >= 4 is 34.9 Å². The van der Waals surface area contributed by atoms with Crippen LogP contribution in [0.5, 0.6) is 0 Å². The number of aliphatic hydroxyl groups is 1. The van der Waals surface area contributed by atoms with Crippen LogP contribution in [0.2, 0.25) is 0 Å². The third kappa shape index (κ3) is 5.30. The average molecular weight is 383 g/mol. The van der Waals surface area contributed by atoms with E-state index in [1.165, 1.54) is 23.7 Å². The van der Waals surface area contributed by atoms with Crippen LogP contribution in [0.15, 0.2) is 41.3 Å². The number of hydrogen-bond acceptors (Lipinski definition) is 6. The monoisotopic (exact) mass is 382 g/mol. The minimum Gasteiger partial charge on any atom is -0.391 e. The summed E-state index contributed by atoms with van der Waals surface area (Å²) in [6.45, 7) is 1.35. The Morgan fingerprint density at radius 1 is 1.16 bits per heavy atom. The van der Waals surface area contributed by atoms with Crippen LogP contribution in [-0.2, 0) is 4.79 Å². The van der Waals surface area contributed by atoms with E-state index in [0.717, 1.165) is 15.3 Å². The Morgan fingerprint density at radius 2 is 1.80 bits per heavy atom. The Kier molecular flexibility index (Phi) is 8.11. The standard InChI is InChI=1S/C16H18N2O4S2.CH4/c1-9(19)14(16(21)18-22)17-15(20)13-8-7-12(24-13)10-3-5-11(23-2)6-4-10;/h3-9,14,19,22H,1-2H3,(H,17,20)(H,18,21);1H4/t9-,14+;/m1./s1. The van der Waals surface area contributed by atoms with Crippen LogP contribution in [0.3, 0.4) is 0 Å². The number of carbonyl (C=O) groups is 2. The van der Waals surface area contributed by atoms with Crippen LogP contribution in [0.1, 0.15) is 24.0 Å². The molecule has 6 nitrogen and oxygen atoms in total. The maximum absolute atomic E-state index is 12.2. The van der Waals surface area contributed by atoms with Gasteiger partial charge in [-0.1, -0.05) is 19.6 Å². The molecule has 8 heteroatoms. The summed E-state index contributed by atoms with van der Waals surface area (Å²) in [5.41, 5.74) is 2.43. The van der Waals surface area contributed by atoms with Crippen molar-refractivity contribution in [2.24, 2.45) is 0 Å². The van der Waals surface area contributed by atoms with Crippen molar-refractivity contribution in [3.63, 3.8) is 0 Å². The molecule has 0 aliphatic rings. The van der Waals surface area contributed by atoms with Crippen LogP contribution >= 0.6 is 23.1 Å². The fraction of sp³-hybridized carbons (Fsp3) is 0.294. The quantitative estimate of drug-likeness (QED) is 0.350. The normalized spacial score (nSPS) is 12.6. The second kappa shape index (κ2) is 9.57. The number of carbonyl (C=O) groups excluding carboxylic acids is 2. The molecule has 0 saturated carbocycles. The fourth-order valence-electron chi connectivity index (χ4n) is 2.06. The van der Waals surface area contributed by atoms with E-state index in [1.807, 2.05) is 36.6 Å². The first kappa shape index (κ1) is 21.2. The lowest BCUT2D eigenvalue weighted by atomic mass is 10.1. The average Bonchev–Trinajstić information content (AvgIpc) is 3.08. The highest BCUT2D eigenvalue weighted by molar-refractivity contribution is 7.98. The SMILES string of the molecule is C.CSc1ccc(-c2ccc(C(=O)N[C@H](C(=O)NO)[C@@H](C)O)s2)cc1. The second-order valence-corrected chi connectivity index (χ2v) is 7.02. The van der Waals surface area contributed by atoms with Crippen molar-refractivity contribution < 1.29 is 19.9 Å². The molecule has 0 aliphatic carbocycles. The van der Waals surface area contributed by atoms with Crippen molar-refractivity contribution in [1.82, 2.24) is 10.8 Å². The van der Waals surface area contributed by atoms with E-state index >= 15 is 0 Å². The predicted octanol–water partition coefficient (Wildman–Crippen LogP) is 2.76. The van der Waals surface area contributed by atoms with Crippen molar-refractivity contribution in [1.29, 1.82) is 0 Å². The molecule has 1 aromatic carbocycles. The number of thiophene rings is 1. The van der Waals surface area contributed by atoms with Gasteiger partial charge in [-0.05, 0) is 43.0 Å². The zero-order chi connectivity index (χ0) is 17.7. The molecule has 136 valence electrons. The van der Waals surface area contributed by atoms with Gasteiger partial charge < -0.3 is 10.4 Å². The lowest BCUT2D eigenvalue weighted by Gasteiger charge is -2.18. The molecule has 0 spiro atoms. The highest BCUT2D eigenvalue weighted by Crippen LogP contribution is 2.29. The Bertz CT molecular complexity index is 714. The van der Waals surface area contributed by atoms with Gasteiger partial charge in [0.05, 0.1) is 11.0 Å². The molecular formula is C17H22N2O4S2. The maximum atomic E-state index is 12.2. The van der Waals surface area contributed by atoms with Crippen molar-refractivity contribution in [3.8, 4) is 10.4 Å². The molecule has 0 bridgehead atoms. The van der Waals surface area contributed by atoms with E-state index in [2.05, 4.69) is 5.32 Å². The largest absolute Gasteiger partial charge is 0.391 e. The first-order valence-corrected chi connectivity index (χ1v) is 9.17. The van der Waals surface area contributed by atoms with Gasteiger partial charge in [0.25, 0.3) is 11.8 Å². The first-order chi connectivity index (χ1) is 11.5. The number of aliphatic hydroxyl groups excluding tert-OH is 1. The molecule has 2 aromatic rings. The van der Waals surface area contributed by atoms with Crippen LogP contribution in [0.4, 0.5) is 0 Å². The fourth-order valence-corrected chi connectivity index (χ4v) is 3.38. The number of hydrogen-bond donors (Lipinski definition) is 4. The van der Waals surface area contributed by atoms with Gasteiger partial charge in [0, 0.05) is 9.77 Å². The topological polar surface area (TPSA) is 98.7 Å². The molecule has 25 heavy (non-hydrogen) atoms. The summed E-state index contributed by atoms with van der Waals surface area (Å²) in [7, 11) is 0. The van der Waals surface area contributed by atoms with Crippen molar-refractivity contribution in [3.05, 3.63) is 41.3 Å². The number of benzene rings is 1. The maximum Gasteiger partial charge on any atom is 0.268 e. The summed E-state index contributed by atoms with van der Waals surface area (Å²) >= 11 is 2.94. The van der Waals surface area contributed by atoms with Crippen molar-refractivity contribution in [2.75, 3.05) is 6.26 Å². The van der Waals surface area contributed by atoms with Gasteiger partial charge in [-0.3, -0.25) is 14.8 Å². The molecule has 4 N–H and O–H groups in total. The van der Waals surface area contributed by atoms with Crippen LogP contribution in [0, 0.1) is 0 Å². The second-order valence-electron chi connectivity index (χ2n) is 5.06. The number of amides is 2. The molecule has 0 saturated heterocycles. The number of thioether (sulfide) groups is 1. The molecule has 2 atom stereocenters. The Hall–Kier alpha value is -1.87. The van der Waals surface area contributed by atoms with Gasteiger partial charge in [0.1, 0.15) is 6.04 Å². The molecule has 0 aliphatic heterocycles. The predicted molar refractivity (Wildman–Crippen MR) is 101 cm³/mol. The zero-order valence-corrected chi connectivity index (χ0v) is 14.8. The lowest BCUT2D eigenvalue weighted by Crippen LogP contribution is -2.51. The Morgan fingerprint density at radius 3 is 2.32 bits per heavy atom. The molecule has 0 unspecified atom stereocenters. The van der Waals surface area contributed by atoms with E-state index in [-0.39, 0.29) is 7.43 Å². The molecule has 1 aromatic heterocycles. The van der Waals surface area contributed by atoms with Gasteiger partial charge in [-0.15, -0.1) is 23.1 Å².